The molecule has 4 nitrogen and oxygen atoms in total. The van der Waals surface area contributed by atoms with Gasteiger partial charge in [0.1, 0.15) is 0 Å². The van der Waals surface area contributed by atoms with E-state index in [4.69, 9.17) is 0 Å². The third kappa shape index (κ3) is 3.87. The topological polar surface area (TPSA) is 58.2 Å². The fourth-order valence-corrected chi connectivity index (χ4v) is 3.51. The highest BCUT2D eigenvalue weighted by Gasteiger charge is 2.35. The molecule has 120 valence electrons. The Labute approximate surface area is 132 Å². The number of nitrogens with one attached hydrogen (secondary N) is 2. The van der Waals surface area contributed by atoms with Gasteiger partial charge in [0.25, 0.3) is 0 Å². The summed E-state index contributed by atoms with van der Waals surface area (Å²) < 4.78 is 0. The summed E-state index contributed by atoms with van der Waals surface area (Å²) in [4.78, 5) is 23.4. The fourth-order valence-electron chi connectivity index (χ4n) is 3.51. The Hall–Kier alpha value is -1.84. The van der Waals surface area contributed by atoms with Crippen molar-refractivity contribution in [3.63, 3.8) is 0 Å². The van der Waals surface area contributed by atoms with Crippen molar-refractivity contribution in [3.05, 3.63) is 24.3 Å². The Morgan fingerprint density at radius 3 is 2.55 bits per heavy atom. The second kappa shape index (κ2) is 7.43. The van der Waals surface area contributed by atoms with E-state index in [9.17, 15) is 9.59 Å². The van der Waals surface area contributed by atoms with Crippen molar-refractivity contribution in [1.82, 2.24) is 0 Å². The van der Waals surface area contributed by atoms with Crippen LogP contribution >= 0.6 is 0 Å². The van der Waals surface area contributed by atoms with Crippen LogP contribution in [-0.2, 0) is 9.59 Å². The fraction of sp³-hybridized carbons (Fsp3) is 0.556. The van der Waals surface area contributed by atoms with Gasteiger partial charge in [0.15, 0.2) is 0 Å². The minimum absolute atomic E-state index is 0.0491. The van der Waals surface area contributed by atoms with Crippen LogP contribution in [0.3, 0.4) is 0 Å². The minimum atomic E-state index is 0.0491. The molecule has 0 aromatic heterocycles. The van der Waals surface area contributed by atoms with Crippen LogP contribution in [-0.4, -0.2) is 12.3 Å². The lowest BCUT2D eigenvalue weighted by Gasteiger charge is -2.36. The van der Waals surface area contributed by atoms with Gasteiger partial charge in [-0.15, -0.1) is 0 Å². The Bertz CT molecular complexity index is 528. The van der Waals surface area contributed by atoms with E-state index in [0.29, 0.717) is 35.5 Å². The highest BCUT2D eigenvalue weighted by atomic mass is 16.2. The lowest BCUT2D eigenvalue weighted by Crippen LogP contribution is -2.36. The van der Waals surface area contributed by atoms with Gasteiger partial charge in [-0.05, 0) is 42.7 Å². The number of rotatable bonds is 5. The van der Waals surface area contributed by atoms with Crippen LogP contribution in [0.25, 0.3) is 0 Å². The van der Waals surface area contributed by atoms with Crippen molar-refractivity contribution in [3.8, 4) is 0 Å². The van der Waals surface area contributed by atoms with E-state index in [1.807, 2.05) is 18.2 Å². The lowest BCUT2D eigenvalue weighted by atomic mass is 9.70. The quantitative estimate of drug-likeness (QED) is 0.810. The molecule has 2 N–H and O–H groups in total. The number of hydrogen-bond acceptors (Lipinski definition) is 2. The van der Waals surface area contributed by atoms with Gasteiger partial charge >= 0.3 is 0 Å². The molecule has 2 rings (SSSR count). The Kier molecular flexibility index (Phi) is 5.58. The first-order chi connectivity index (χ1) is 10.5. The number of hydrogen-bond donors (Lipinski definition) is 2. The molecule has 2 amide bonds. The van der Waals surface area contributed by atoms with Crippen molar-refractivity contribution >= 4 is 23.7 Å². The van der Waals surface area contributed by atoms with E-state index in [1.54, 1.807) is 6.07 Å². The van der Waals surface area contributed by atoms with Gasteiger partial charge in [0.05, 0.1) is 11.4 Å². The molecule has 1 aliphatic rings. The molecular weight excluding hydrogens is 276 g/mol. The molecule has 0 heterocycles. The van der Waals surface area contributed by atoms with Gasteiger partial charge in [-0.3, -0.25) is 9.59 Å². The third-order valence-corrected chi connectivity index (χ3v) is 4.76. The second-order valence-corrected chi connectivity index (χ2v) is 6.73. The lowest BCUT2D eigenvalue weighted by molar-refractivity contribution is -0.124. The molecular formula is C18H26N2O2. The van der Waals surface area contributed by atoms with Crippen LogP contribution in [0.15, 0.2) is 24.3 Å². The summed E-state index contributed by atoms with van der Waals surface area (Å²) in [5, 5.41) is 5.64. The van der Waals surface area contributed by atoms with Gasteiger partial charge in [0, 0.05) is 5.92 Å². The summed E-state index contributed by atoms with van der Waals surface area (Å²) in [5.41, 5.74) is 1.30. The summed E-state index contributed by atoms with van der Waals surface area (Å²) in [6, 6.07) is 7.30. The highest BCUT2D eigenvalue weighted by Crippen LogP contribution is 2.38. The predicted molar refractivity (Wildman–Crippen MR) is 89.6 cm³/mol. The smallest absolute Gasteiger partial charge is 0.227 e. The molecule has 4 heteroatoms. The standard InChI is InChI=1S/C18H26N2O2/c1-12(2)14-9-8-13(3)10-15(14)18(22)20-17-7-5-4-6-16(17)19-11-21/h4-7,11-15H,8-10H2,1-3H3,(H,19,21)(H,20,22). The van der Waals surface area contributed by atoms with Gasteiger partial charge in [-0.1, -0.05) is 39.3 Å². The molecule has 1 fully saturated rings. The molecule has 0 aliphatic heterocycles. The maximum absolute atomic E-state index is 12.8. The summed E-state index contributed by atoms with van der Waals surface area (Å²) >= 11 is 0. The first kappa shape index (κ1) is 16.5. The number of amides is 2. The average Bonchev–Trinajstić information content (AvgIpc) is 2.49. The molecule has 1 aromatic carbocycles. The Morgan fingerprint density at radius 2 is 1.91 bits per heavy atom. The van der Waals surface area contributed by atoms with Gasteiger partial charge in [-0.2, -0.15) is 0 Å². The van der Waals surface area contributed by atoms with E-state index in [0.717, 1.165) is 12.8 Å². The van der Waals surface area contributed by atoms with Crippen molar-refractivity contribution in [2.45, 2.75) is 40.0 Å². The zero-order valence-electron chi connectivity index (χ0n) is 13.6. The van der Waals surface area contributed by atoms with Crippen LogP contribution in [0.5, 0.6) is 0 Å². The minimum Gasteiger partial charge on any atom is -0.327 e. The largest absolute Gasteiger partial charge is 0.327 e. The molecule has 1 aliphatic carbocycles. The normalized spacial score (nSPS) is 24.8. The number of anilines is 2. The summed E-state index contributed by atoms with van der Waals surface area (Å²) in [7, 11) is 0. The van der Waals surface area contributed by atoms with Crippen LogP contribution < -0.4 is 10.6 Å². The molecule has 3 atom stereocenters. The third-order valence-electron chi connectivity index (χ3n) is 4.76. The first-order valence-corrected chi connectivity index (χ1v) is 8.13. The molecule has 1 aromatic rings. The second-order valence-electron chi connectivity index (χ2n) is 6.73. The SMILES string of the molecule is CC1CCC(C(C)C)C(C(=O)Nc2ccccc2NC=O)C1. The van der Waals surface area contributed by atoms with E-state index in [2.05, 4.69) is 31.4 Å². The van der Waals surface area contributed by atoms with E-state index < -0.39 is 0 Å². The maximum Gasteiger partial charge on any atom is 0.227 e. The number of carbonyl (C=O) groups is 2. The van der Waals surface area contributed by atoms with Crippen LogP contribution in [0.4, 0.5) is 11.4 Å². The summed E-state index contributed by atoms with van der Waals surface area (Å²) in [5.74, 6) is 1.65. The molecule has 0 radical (unpaired) electrons. The van der Waals surface area contributed by atoms with E-state index >= 15 is 0 Å². The predicted octanol–water partition coefficient (Wildman–Crippen LogP) is 3.90. The number of para-hydroxylation sites is 2. The molecule has 0 bridgehead atoms. The summed E-state index contributed by atoms with van der Waals surface area (Å²) in [6.07, 6.45) is 3.89. The molecule has 0 saturated heterocycles. The first-order valence-electron chi connectivity index (χ1n) is 8.13. The van der Waals surface area contributed by atoms with E-state index in [-0.39, 0.29) is 11.8 Å². The van der Waals surface area contributed by atoms with Crippen LogP contribution in [0.2, 0.25) is 0 Å². The van der Waals surface area contributed by atoms with Crippen molar-refractivity contribution in [1.29, 1.82) is 0 Å². The molecule has 1 saturated carbocycles. The van der Waals surface area contributed by atoms with Crippen molar-refractivity contribution in [2.24, 2.45) is 23.7 Å². The molecule has 0 spiro atoms. The van der Waals surface area contributed by atoms with Crippen LogP contribution in [0.1, 0.15) is 40.0 Å². The molecule has 3 unspecified atom stereocenters. The number of carbonyl (C=O) groups excluding carboxylic acids is 2. The van der Waals surface area contributed by atoms with Crippen molar-refractivity contribution < 1.29 is 9.59 Å². The van der Waals surface area contributed by atoms with E-state index in [1.165, 1.54) is 6.42 Å². The maximum atomic E-state index is 12.8. The number of benzene rings is 1. The zero-order chi connectivity index (χ0) is 16.1. The van der Waals surface area contributed by atoms with Crippen LogP contribution in [0, 0.1) is 23.7 Å². The Morgan fingerprint density at radius 1 is 1.23 bits per heavy atom. The average molecular weight is 302 g/mol. The van der Waals surface area contributed by atoms with Gasteiger partial charge in [-0.25, -0.2) is 0 Å². The zero-order valence-corrected chi connectivity index (χ0v) is 13.6. The van der Waals surface area contributed by atoms with Gasteiger partial charge in [0.2, 0.25) is 12.3 Å². The molecule has 22 heavy (non-hydrogen) atoms. The summed E-state index contributed by atoms with van der Waals surface area (Å²) in [6.45, 7) is 6.62. The monoisotopic (exact) mass is 302 g/mol. The van der Waals surface area contributed by atoms with Crippen molar-refractivity contribution in [2.75, 3.05) is 10.6 Å². The van der Waals surface area contributed by atoms with Gasteiger partial charge < -0.3 is 10.6 Å². The Balaban J connectivity index is 2.14. The highest BCUT2D eigenvalue weighted by molar-refractivity contribution is 5.97.